The zero-order valence-electron chi connectivity index (χ0n) is 12.0. The molecule has 0 spiro atoms. The zero-order valence-corrected chi connectivity index (χ0v) is 12.0. The molecule has 0 radical (unpaired) electrons. The van der Waals surface area contributed by atoms with Gasteiger partial charge in [-0.1, -0.05) is 0 Å². The Morgan fingerprint density at radius 3 is 2.48 bits per heavy atom. The lowest BCUT2D eigenvalue weighted by atomic mass is 10.2. The fourth-order valence-electron chi connectivity index (χ4n) is 1.69. The molecule has 0 aliphatic rings. The largest absolute Gasteiger partial charge is 0.489 e. The quantitative estimate of drug-likeness (QED) is 0.686. The molecular weight excluding hydrogens is 277 g/mol. The average Bonchev–Trinajstić information content (AvgIpc) is 2.44. The van der Waals surface area contributed by atoms with Crippen LogP contribution < -0.4 is 10.1 Å². The van der Waals surface area contributed by atoms with Crippen molar-refractivity contribution in [3.63, 3.8) is 0 Å². The van der Waals surface area contributed by atoms with Gasteiger partial charge in [-0.25, -0.2) is 4.39 Å². The molecule has 0 bridgehead atoms. The third-order valence-electron chi connectivity index (χ3n) is 2.78. The van der Waals surface area contributed by atoms with E-state index in [0.717, 1.165) is 0 Å². The van der Waals surface area contributed by atoms with Gasteiger partial charge in [0.25, 0.3) is 0 Å². The van der Waals surface area contributed by atoms with Gasteiger partial charge in [-0.15, -0.1) is 0 Å². The first-order valence-electron chi connectivity index (χ1n) is 6.88. The maximum Gasteiger partial charge on any atom is 0.303 e. The Morgan fingerprint density at radius 1 is 1.24 bits per heavy atom. The number of unbranched alkanes of at least 4 members (excludes halogenated alkanes) is 1. The highest BCUT2D eigenvalue weighted by atomic mass is 19.1. The summed E-state index contributed by atoms with van der Waals surface area (Å²) in [6, 6.07) is 5.67. The van der Waals surface area contributed by atoms with Crippen molar-refractivity contribution in [2.24, 2.45) is 0 Å². The summed E-state index contributed by atoms with van der Waals surface area (Å²) < 4.78 is 18.2. The Labute approximate surface area is 123 Å². The lowest BCUT2D eigenvalue weighted by molar-refractivity contribution is -0.137. The van der Waals surface area contributed by atoms with Crippen LogP contribution in [0.25, 0.3) is 0 Å². The Hall–Kier alpha value is -2.11. The molecule has 1 unspecified atom stereocenters. The van der Waals surface area contributed by atoms with E-state index in [2.05, 4.69) is 5.32 Å². The summed E-state index contributed by atoms with van der Waals surface area (Å²) in [5.74, 6) is -0.768. The number of carboxylic acid groups (broad SMARTS) is 1. The number of rotatable bonds is 9. The van der Waals surface area contributed by atoms with Gasteiger partial charge in [0.2, 0.25) is 5.91 Å². The normalized spacial score (nSPS) is 11.7. The molecule has 1 aromatic rings. The highest BCUT2D eigenvalue weighted by Gasteiger charge is 2.07. The van der Waals surface area contributed by atoms with Gasteiger partial charge in [-0.05, 0) is 44.0 Å². The van der Waals surface area contributed by atoms with E-state index in [-0.39, 0.29) is 24.2 Å². The number of carboxylic acids is 1. The minimum Gasteiger partial charge on any atom is -0.489 e. The first-order valence-corrected chi connectivity index (χ1v) is 6.88. The van der Waals surface area contributed by atoms with Crippen LogP contribution in [0, 0.1) is 5.82 Å². The lowest BCUT2D eigenvalue weighted by Crippen LogP contribution is -2.33. The maximum atomic E-state index is 12.7. The van der Waals surface area contributed by atoms with Crippen molar-refractivity contribution in [2.75, 3.05) is 6.54 Å². The van der Waals surface area contributed by atoms with Gasteiger partial charge in [-0.3, -0.25) is 9.59 Å². The number of aliphatic carboxylic acids is 1. The van der Waals surface area contributed by atoms with Crippen LogP contribution in [-0.4, -0.2) is 29.6 Å². The SMILES string of the molecule is CC(CNC(=O)CCCCC(=O)O)Oc1ccc(F)cc1. The van der Waals surface area contributed by atoms with Crippen LogP contribution in [0.5, 0.6) is 5.75 Å². The second kappa shape index (κ2) is 8.94. The van der Waals surface area contributed by atoms with Crippen LogP contribution in [0.2, 0.25) is 0 Å². The molecule has 116 valence electrons. The zero-order chi connectivity index (χ0) is 15.7. The number of hydrogen-bond donors (Lipinski definition) is 2. The van der Waals surface area contributed by atoms with E-state index in [1.54, 1.807) is 6.92 Å². The average molecular weight is 297 g/mol. The molecule has 0 aromatic heterocycles. The summed E-state index contributed by atoms with van der Waals surface area (Å²) in [6.45, 7) is 2.14. The van der Waals surface area contributed by atoms with Gasteiger partial charge in [0, 0.05) is 12.8 Å². The van der Waals surface area contributed by atoms with E-state index in [1.807, 2.05) is 0 Å². The van der Waals surface area contributed by atoms with Gasteiger partial charge >= 0.3 is 5.97 Å². The summed E-state index contributed by atoms with van der Waals surface area (Å²) in [6.07, 6.45) is 1.18. The smallest absolute Gasteiger partial charge is 0.303 e. The van der Waals surface area contributed by atoms with E-state index in [4.69, 9.17) is 9.84 Å². The van der Waals surface area contributed by atoms with E-state index < -0.39 is 5.97 Å². The van der Waals surface area contributed by atoms with E-state index in [1.165, 1.54) is 24.3 Å². The van der Waals surface area contributed by atoms with Crippen LogP contribution >= 0.6 is 0 Å². The van der Waals surface area contributed by atoms with E-state index in [0.29, 0.717) is 31.6 Å². The van der Waals surface area contributed by atoms with Crippen molar-refractivity contribution in [3.8, 4) is 5.75 Å². The Bertz CT molecular complexity index is 461. The minimum atomic E-state index is -0.850. The molecule has 0 aliphatic heterocycles. The highest BCUT2D eigenvalue weighted by molar-refractivity contribution is 5.75. The second-order valence-electron chi connectivity index (χ2n) is 4.79. The minimum absolute atomic E-state index is 0.0807. The summed E-state index contributed by atoms with van der Waals surface area (Å²) >= 11 is 0. The number of hydrogen-bond acceptors (Lipinski definition) is 3. The van der Waals surface area contributed by atoms with Gasteiger partial charge < -0.3 is 15.2 Å². The van der Waals surface area contributed by atoms with Gasteiger partial charge in [-0.2, -0.15) is 0 Å². The van der Waals surface area contributed by atoms with Gasteiger partial charge in [0.1, 0.15) is 17.7 Å². The fraction of sp³-hybridized carbons (Fsp3) is 0.467. The predicted molar refractivity (Wildman–Crippen MR) is 75.6 cm³/mol. The number of amides is 1. The van der Waals surface area contributed by atoms with Crippen molar-refractivity contribution in [2.45, 2.75) is 38.7 Å². The molecule has 1 amide bonds. The molecule has 2 N–H and O–H groups in total. The molecular formula is C15H20FNO4. The third-order valence-corrected chi connectivity index (χ3v) is 2.78. The maximum absolute atomic E-state index is 12.7. The lowest BCUT2D eigenvalue weighted by Gasteiger charge is -2.15. The van der Waals surface area contributed by atoms with Crippen LogP contribution in [0.15, 0.2) is 24.3 Å². The number of carbonyl (C=O) groups excluding carboxylic acids is 1. The molecule has 5 nitrogen and oxygen atoms in total. The van der Waals surface area contributed by atoms with Crippen LogP contribution in [0.1, 0.15) is 32.6 Å². The topological polar surface area (TPSA) is 75.6 Å². The summed E-state index contributed by atoms with van der Waals surface area (Å²) in [4.78, 5) is 21.8. The number of ether oxygens (including phenoxy) is 1. The van der Waals surface area contributed by atoms with Crippen LogP contribution in [-0.2, 0) is 9.59 Å². The van der Waals surface area contributed by atoms with Crippen molar-refractivity contribution < 1.29 is 23.8 Å². The molecule has 6 heteroatoms. The number of halogens is 1. The molecule has 1 aromatic carbocycles. The summed E-state index contributed by atoms with van der Waals surface area (Å²) in [7, 11) is 0. The number of benzene rings is 1. The Kier molecular flexibility index (Phi) is 7.21. The monoisotopic (exact) mass is 297 g/mol. The van der Waals surface area contributed by atoms with Crippen LogP contribution in [0.3, 0.4) is 0 Å². The molecule has 0 heterocycles. The fourth-order valence-corrected chi connectivity index (χ4v) is 1.69. The van der Waals surface area contributed by atoms with Gasteiger partial charge in [0.05, 0.1) is 6.54 Å². The predicted octanol–water partition coefficient (Wildman–Crippen LogP) is 2.35. The molecule has 0 aliphatic carbocycles. The number of carbonyl (C=O) groups is 2. The Morgan fingerprint density at radius 2 is 1.86 bits per heavy atom. The van der Waals surface area contributed by atoms with Gasteiger partial charge in [0.15, 0.2) is 0 Å². The summed E-state index contributed by atoms with van der Waals surface area (Å²) in [5.41, 5.74) is 0. The first kappa shape index (κ1) is 16.9. The molecule has 0 fully saturated rings. The van der Waals surface area contributed by atoms with E-state index in [9.17, 15) is 14.0 Å². The molecule has 0 saturated carbocycles. The van der Waals surface area contributed by atoms with E-state index >= 15 is 0 Å². The molecule has 0 saturated heterocycles. The van der Waals surface area contributed by atoms with Crippen molar-refractivity contribution in [1.82, 2.24) is 5.32 Å². The molecule has 21 heavy (non-hydrogen) atoms. The molecule has 1 atom stereocenters. The van der Waals surface area contributed by atoms with Crippen molar-refractivity contribution in [1.29, 1.82) is 0 Å². The standard InChI is InChI=1S/C15H20FNO4/c1-11(21-13-8-6-12(16)7-9-13)10-17-14(18)4-2-3-5-15(19)20/h6-9,11H,2-5,10H2,1H3,(H,17,18)(H,19,20). The first-order chi connectivity index (χ1) is 9.97. The number of nitrogens with one attached hydrogen (secondary N) is 1. The highest BCUT2D eigenvalue weighted by Crippen LogP contribution is 2.12. The van der Waals surface area contributed by atoms with Crippen molar-refractivity contribution >= 4 is 11.9 Å². The Balaban J connectivity index is 2.17. The second-order valence-corrected chi connectivity index (χ2v) is 4.79. The van der Waals surface area contributed by atoms with Crippen molar-refractivity contribution in [3.05, 3.63) is 30.1 Å². The third kappa shape index (κ3) is 7.91. The summed E-state index contributed by atoms with van der Waals surface area (Å²) in [5, 5.41) is 11.2. The molecule has 1 rings (SSSR count). The van der Waals surface area contributed by atoms with Crippen LogP contribution in [0.4, 0.5) is 4.39 Å².